The van der Waals surface area contributed by atoms with Gasteiger partial charge in [0.2, 0.25) is 0 Å². The molecule has 1 aromatic carbocycles. The Morgan fingerprint density at radius 3 is 1.93 bits per heavy atom. The third-order valence-corrected chi connectivity index (χ3v) is 4.52. The van der Waals surface area contributed by atoms with E-state index in [1.54, 1.807) is 7.85 Å². The minimum absolute atomic E-state index is 0.0988. The molecule has 27 heavy (non-hydrogen) atoms. The normalized spacial score (nSPS) is 13.4. The Hall–Kier alpha value is -1.69. The highest BCUT2D eigenvalue weighted by atomic mass is 32.2. The number of hydrogen-bond donors (Lipinski definition) is 1. The summed E-state index contributed by atoms with van der Waals surface area (Å²) in [6.45, 7) is 0. The molecule has 0 aliphatic carbocycles. The van der Waals surface area contributed by atoms with Gasteiger partial charge in [-0.15, -0.1) is 0 Å². The van der Waals surface area contributed by atoms with Gasteiger partial charge in [-0.25, -0.2) is 4.79 Å². The van der Waals surface area contributed by atoms with Crippen molar-refractivity contribution in [3.63, 3.8) is 0 Å². The third kappa shape index (κ3) is 5.18. The van der Waals surface area contributed by atoms with Crippen molar-refractivity contribution < 1.29 is 48.8 Å². The van der Waals surface area contributed by atoms with Gasteiger partial charge >= 0.3 is 23.9 Å². The maximum atomic E-state index is 13.2. The number of esters is 1. The van der Waals surface area contributed by atoms with Crippen molar-refractivity contribution in [2.24, 2.45) is 0 Å². The Morgan fingerprint density at radius 2 is 1.56 bits per heavy atom. The quantitative estimate of drug-likeness (QED) is 0.321. The van der Waals surface area contributed by atoms with E-state index in [-0.39, 0.29) is 11.9 Å². The second-order valence-electron chi connectivity index (χ2n) is 5.64. The van der Waals surface area contributed by atoms with Gasteiger partial charge in [-0.1, -0.05) is 30.3 Å². The Kier molecular flexibility index (Phi) is 6.69. The predicted octanol–water partition coefficient (Wildman–Crippen LogP) is 0.861. The lowest BCUT2D eigenvalue weighted by Gasteiger charge is -2.35. The highest BCUT2D eigenvalue weighted by Crippen LogP contribution is 2.47. The molecular weight excluding hydrogens is 404 g/mol. The molecule has 1 rings (SSSR count). The first-order chi connectivity index (χ1) is 12.1. The summed E-state index contributed by atoms with van der Waals surface area (Å²) in [5.74, 6) is -4.92. The second kappa shape index (κ2) is 7.74. The second-order valence-corrected chi connectivity index (χ2v) is 7.09. The van der Waals surface area contributed by atoms with Crippen LogP contribution in [0.3, 0.4) is 0 Å². The van der Waals surface area contributed by atoms with Gasteiger partial charge in [0.25, 0.3) is 10.1 Å². The zero-order valence-corrected chi connectivity index (χ0v) is 14.9. The van der Waals surface area contributed by atoms with E-state index in [2.05, 4.69) is 4.74 Å². The zero-order valence-electron chi connectivity index (χ0n) is 14.1. The van der Waals surface area contributed by atoms with Crippen LogP contribution in [0.4, 0.5) is 26.3 Å². The first kappa shape index (κ1) is 23.3. The standard InChI is InChI=1S/C13H14B2F6O5S/c14-4-7-1-2-9(8(3-7)5-15)10(22)26-11(12(16,17)18,13(19,20)21)6-27(23,24)25/h1-3H,4-6,14-15H2,(H,23,24,25). The predicted molar refractivity (Wildman–Crippen MR) is 87.6 cm³/mol. The van der Waals surface area contributed by atoms with Gasteiger partial charge in [0.1, 0.15) is 21.4 Å². The smallest absolute Gasteiger partial charge is 0.435 e. The van der Waals surface area contributed by atoms with Crippen LogP contribution < -0.4 is 0 Å². The molecule has 0 unspecified atom stereocenters. The molecule has 1 N–H and O–H groups in total. The van der Waals surface area contributed by atoms with Crippen LogP contribution in [-0.4, -0.2) is 58.3 Å². The molecule has 0 aliphatic heterocycles. The molecule has 0 aromatic heterocycles. The van der Waals surface area contributed by atoms with Crippen molar-refractivity contribution in [3.8, 4) is 0 Å². The fourth-order valence-corrected chi connectivity index (χ4v) is 3.20. The molecular formula is C13H14B2F6O5S. The van der Waals surface area contributed by atoms with Gasteiger partial charge in [0.15, 0.2) is 0 Å². The van der Waals surface area contributed by atoms with Gasteiger partial charge in [0.05, 0.1) is 5.56 Å². The Morgan fingerprint density at radius 1 is 1.04 bits per heavy atom. The highest BCUT2D eigenvalue weighted by molar-refractivity contribution is 7.85. The van der Waals surface area contributed by atoms with Crippen molar-refractivity contribution in [2.45, 2.75) is 30.6 Å². The van der Waals surface area contributed by atoms with Gasteiger partial charge in [0, 0.05) is 0 Å². The summed E-state index contributed by atoms with van der Waals surface area (Å²) in [5, 5.41) is 0. The number of alkyl halides is 6. The summed E-state index contributed by atoms with van der Waals surface area (Å²) in [6, 6.07) is 3.74. The van der Waals surface area contributed by atoms with E-state index in [1.807, 2.05) is 0 Å². The molecule has 0 fully saturated rings. The number of halogens is 6. The number of hydrogen-bond acceptors (Lipinski definition) is 4. The molecule has 0 bridgehead atoms. The maximum absolute atomic E-state index is 13.2. The van der Waals surface area contributed by atoms with E-state index in [0.29, 0.717) is 11.9 Å². The van der Waals surface area contributed by atoms with Crippen LogP contribution in [0.1, 0.15) is 21.5 Å². The summed E-state index contributed by atoms with van der Waals surface area (Å²) in [5.41, 5.74) is -5.18. The van der Waals surface area contributed by atoms with E-state index >= 15 is 0 Å². The fraction of sp³-hybridized carbons (Fsp3) is 0.462. The molecule has 0 spiro atoms. The zero-order chi connectivity index (χ0) is 21.3. The average molecular weight is 418 g/mol. The Bertz CT molecular complexity index is 792. The van der Waals surface area contributed by atoms with Crippen LogP contribution in [0.2, 0.25) is 0 Å². The molecule has 0 aliphatic rings. The van der Waals surface area contributed by atoms with Crippen LogP contribution in [0.15, 0.2) is 18.2 Å². The van der Waals surface area contributed by atoms with Gasteiger partial charge in [-0.3, -0.25) is 4.55 Å². The fourth-order valence-electron chi connectivity index (χ4n) is 2.30. The highest BCUT2D eigenvalue weighted by Gasteiger charge is 2.76. The van der Waals surface area contributed by atoms with E-state index in [1.165, 1.54) is 20.0 Å². The van der Waals surface area contributed by atoms with Crippen LogP contribution in [0, 0.1) is 0 Å². The van der Waals surface area contributed by atoms with Gasteiger partial charge in [-0.2, -0.15) is 34.8 Å². The van der Waals surface area contributed by atoms with E-state index in [0.717, 1.165) is 6.07 Å². The van der Waals surface area contributed by atoms with Crippen molar-refractivity contribution in [1.29, 1.82) is 0 Å². The molecule has 0 saturated carbocycles. The van der Waals surface area contributed by atoms with Crippen molar-refractivity contribution in [2.75, 3.05) is 5.75 Å². The molecule has 150 valence electrons. The van der Waals surface area contributed by atoms with Crippen LogP contribution in [-0.2, 0) is 27.5 Å². The molecule has 0 radical (unpaired) electrons. The van der Waals surface area contributed by atoms with Crippen molar-refractivity contribution in [1.82, 2.24) is 0 Å². The van der Waals surface area contributed by atoms with Gasteiger partial charge < -0.3 is 4.74 Å². The third-order valence-electron chi connectivity index (χ3n) is 3.75. The lowest BCUT2D eigenvalue weighted by atomic mass is 9.88. The largest absolute Gasteiger partial charge is 0.438 e. The summed E-state index contributed by atoms with van der Waals surface area (Å²) >= 11 is 0. The lowest BCUT2D eigenvalue weighted by Crippen LogP contribution is -2.63. The van der Waals surface area contributed by atoms with Crippen molar-refractivity contribution in [3.05, 3.63) is 34.9 Å². The first-order valence-corrected chi connectivity index (χ1v) is 9.12. The van der Waals surface area contributed by atoms with Crippen molar-refractivity contribution >= 4 is 31.8 Å². The maximum Gasteiger partial charge on any atom is 0.438 e. The first-order valence-electron chi connectivity index (χ1n) is 7.51. The van der Waals surface area contributed by atoms with Crippen LogP contribution in [0.5, 0.6) is 0 Å². The minimum atomic E-state index is -6.35. The van der Waals surface area contributed by atoms with Crippen LogP contribution >= 0.6 is 0 Å². The van der Waals surface area contributed by atoms with Gasteiger partial charge in [-0.05, 0) is 11.6 Å². The topological polar surface area (TPSA) is 80.7 Å². The molecule has 1 aromatic rings. The SMILES string of the molecule is BCc1ccc(C(=O)OC(CS(=O)(=O)O)(C(F)(F)F)C(F)(F)F)c(CB)c1. The monoisotopic (exact) mass is 418 g/mol. The summed E-state index contributed by atoms with van der Waals surface area (Å²) in [7, 11) is -2.55. The molecule has 5 nitrogen and oxygen atoms in total. The van der Waals surface area contributed by atoms with E-state index < -0.39 is 45.4 Å². The number of carbonyl (C=O) groups is 1. The summed E-state index contributed by atoms with van der Waals surface area (Å²) in [4.78, 5) is 12.1. The minimum Gasteiger partial charge on any atom is -0.435 e. The Labute approximate surface area is 152 Å². The van der Waals surface area contributed by atoms with E-state index in [4.69, 9.17) is 4.55 Å². The summed E-state index contributed by atoms with van der Waals surface area (Å²) in [6.07, 6.45) is -12.1. The molecule has 0 amide bonds. The lowest BCUT2D eigenvalue weighted by molar-refractivity contribution is -0.356. The average Bonchev–Trinajstić information content (AvgIpc) is 2.49. The number of carbonyl (C=O) groups excluding carboxylic acids is 1. The number of benzene rings is 1. The Balaban J connectivity index is 3.53. The number of ether oxygens (including phenoxy) is 1. The molecule has 0 atom stereocenters. The van der Waals surface area contributed by atoms with Crippen LogP contribution in [0.25, 0.3) is 0 Å². The number of rotatable bonds is 6. The molecule has 0 saturated heterocycles. The summed E-state index contributed by atoms with van der Waals surface area (Å²) < 4.78 is 113. The molecule has 14 heteroatoms. The molecule has 0 heterocycles. The van der Waals surface area contributed by atoms with E-state index in [9.17, 15) is 39.6 Å².